The van der Waals surface area contributed by atoms with Crippen molar-refractivity contribution in [3.8, 4) is 0 Å². The van der Waals surface area contributed by atoms with Gasteiger partial charge in [0.2, 0.25) is 0 Å². The average molecular weight is 270 g/mol. The number of hydrogen-bond donors (Lipinski definition) is 2. The Morgan fingerprint density at radius 3 is 2.33 bits per heavy atom. The van der Waals surface area contributed by atoms with Crippen molar-refractivity contribution in [3.05, 3.63) is 34.3 Å². The third-order valence-corrected chi connectivity index (χ3v) is 3.78. The molecule has 1 aromatic rings. The van der Waals surface area contributed by atoms with Gasteiger partial charge in [0.25, 0.3) is 0 Å². The van der Waals surface area contributed by atoms with Gasteiger partial charge in [-0.25, -0.2) is 0 Å². The number of aliphatic hydroxyl groups excluding tert-OH is 1. The zero-order valence-corrected chi connectivity index (χ0v) is 10.2. The van der Waals surface area contributed by atoms with E-state index in [1.165, 1.54) is 6.42 Å². The van der Waals surface area contributed by atoms with Crippen LogP contribution in [-0.4, -0.2) is 11.2 Å². The molecule has 1 aromatic carbocycles. The van der Waals surface area contributed by atoms with Gasteiger partial charge in [0.15, 0.2) is 0 Å². The first-order valence-corrected chi connectivity index (χ1v) is 6.17. The average Bonchev–Trinajstić information content (AvgIpc) is 2.15. The van der Waals surface area contributed by atoms with E-state index in [1.54, 1.807) is 0 Å². The van der Waals surface area contributed by atoms with Gasteiger partial charge in [-0.15, -0.1) is 0 Å². The molecule has 3 heteroatoms. The molecule has 0 bridgehead atoms. The molecule has 15 heavy (non-hydrogen) atoms. The van der Waals surface area contributed by atoms with Gasteiger partial charge in [-0.2, -0.15) is 0 Å². The van der Waals surface area contributed by atoms with E-state index in [1.807, 2.05) is 24.3 Å². The molecule has 1 aliphatic carbocycles. The van der Waals surface area contributed by atoms with E-state index in [-0.39, 0.29) is 12.1 Å². The number of rotatable bonds is 3. The van der Waals surface area contributed by atoms with Crippen molar-refractivity contribution < 1.29 is 5.11 Å². The highest BCUT2D eigenvalue weighted by atomic mass is 79.9. The van der Waals surface area contributed by atoms with Crippen molar-refractivity contribution in [2.24, 2.45) is 11.7 Å². The van der Waals surface area contributed by atoms with Crippen LogP contribution in [0.2, 0.25) is 0 Å². The molecule has 0 saturated heterocycles. The molecule has 1 fully saturated rings. The molecule has 82 valence electrons. The standard InChI is InChI=1S/C12H16BrNO/c13-10-6-4-8(5-7-10)11(14)12(15)9-2-1-3-9/h4-7,9,11-12,15H,1-3,14H2/t11-,12+/m1/s1. The number of hydrogen-bond acceptors (Lipinski definition) is 2. The van der Waals surface area contributed by atoms with E-state index in [4.69, 9.17) is 5.73 Å². The maximum Gasteiger partial charge on any atom is 0.0760 e. The lowest BCUT2D eigenvalue weighted by Gasteiger charge is -2.33. The maximum absolute atomic E-state index is 10.0. The van der Waals surface area contributed by atoms with Crippen LogP contribution in [0.1, 0.15) is 30.9 Å². The summed E-state index contributed by atoms with van der Waals surface area (Å²) in [4.78, 5) is 0. The van der Waals surface area contributed by atoms with Gasteiger partial charge in [-0.3, -0.25) is 0 Å². The van der Waals surface area contributed by atoms with E-state index in [9.17, 15) is 5.11 Å². The van der Waals surface area contributed by atoms with Gasteiger partial charge >= 0.3 is 0 Å². The molecular weight excluding hydrogens is 254 g/mol. The van der Waals surface area contributed by atoms with Crippen molar-refractivity contribution in [2.45, 2.75) is 31.4 Å². The summed E-state index contributed by atoms with van der Waals surface area (Å²) in [6.07, 6.45) is 3.07. The minimum Gasteiger partial charge on any atom is -0.391 e. The Morgan fingerprint density at radius 1 is 1.27 bits per heavy atom. The van der Waals surface area contributed by atoms with E-state index < -0.39 is 0 Å². The second kappa shape index (κ2) is 4.64. The molecular formula is C12H16BrNO. The maximum atomic E-state index is 10.0. The van der Waals surface area contributed by atoms with Gasteiger partial charge in [0.1, 0.15) is 0 Å². The van der Waals surface area contributed by atoms with Crippen LogP contribution in [0, 0.1) is 5.92 Å². The summed E-state index contributed by atoms with van der Waals surface area (Å²) in [5, 5.41) is 10.0. The van der Waals surface area contributed by atoms with Crippen molar-refractivity contribution in [1.82, 2.24) is 0 Å². The molecule has 0 radical (unpaired) electrons. The fraction of sp³-hybridized carbons (Fsp3) is 0.500. The van der Waals surface area contributed by atoms with E-state index in [0.717, 1.165) is 22.9 Å². The second-order valence-electron chi connectivity index (χ2n) is 4.26. The number of halogens is 1. The third-order valence-electron chi connectivity index (χ3n) is 3.26. The highest BCUT2D eigenvalue weighted by molar-refractivity contribution is 9.10. The lowest BCUT2D eigenvalue weighted by atomic mass is 9.77. The van der Waals surface area contributed by atoms with E-state index >= 15 is 0 Å². The summed E-state index contributed by atoms with van der Waals surface area (Å²) in [5.74, 6) is 0.406. The van der Waals surface area contributed by atoms with Crippen molar-refractivity contribution in [1.29, 1.82) is 0 Å². The highest BCUT2D eigenvalue weighted by Gasteiger charge is 2.30. The van der Waals surface area contributed by atoms with Gasteiger partial charge < -0.3 is 10.8 Å². The van der Waals surface area contributed by atoms with Gasteiger partial charge in [-0.05, 0) is 36.5 Å². The van der Waals surface area contributed by atoms with Crippen molar-refractivity contribution in [3.63, 3.8) is 0 Å². The van der Waals surface area contributed by atoms with Crippen LogP contribution in [0.5, 0.6) is 0 Å². The quantitative estimate of drug-likeness (QED) is 0.886. The van der Waals surface area contributed by atoms with Crippen LogP contribution in [-0.2, 0) is 0 Å². The zero-order valence-electron chi connectivity index (χ0n) is 8.57. The van der Waals surface area contributed by atoms with E-state index in [0.29, 0.717) is 5.92 Å². The minimum atomic E-state index is -0.389. The number of aliphatic hydroxyl groups is 1. The second-order valence-corrected chi connectivity index (χ2v) is 5.17. The van der Waals surface area contributed by atoms with Crippen LogP contribution in [0.25, 0.3) is 0 Å². The SMILES string of the molecule is N[C@H](c1ccc(Br)cc1)[C@@H](O)C1CCC1. The molecule has 0 spiro atoms. The first kappa shape index (κ1) is 11.1. The Hall–Kier alpha value is -0.380. The molecule has 0 aromatic heterocycles. The Labute approximate surface area is 98.6 Å². The summed E-state index contributed by atoms with van der Waals surface area (Å²) in [5.41, 5.74) is 7.05. The Balaban J connectivity index is 2.05. The fourth-order valence-corrected chi connectivity index (χ4v) is 2.22. The monoisotopic (exact) mass is 269 g/mol. The molecule has 1 saturated carbocycles. The first-order chi connectivity index (χ1) is 7.18. The van der Waals surface area contributed by atoms with Gasteiger partial charge in [0.05, 0.1) is 12.1 Å². The normalized spacial score (nSPS) is 20.7. The van der Waals surface area contributed by atoms with Crippen LogP contribution in [0.15, 0.2) is 28.7 Å². The van der Waals surface area contributed by atoms with Crippen molar-refractivity contribution in [2.75, 3.05) is 0 Å². The first-order valence-electron chi connectivity index (χ1n) is 5.37. The fourth-order valence-electron chi connectivity index (χ4n) is 1.96. The molecule has 2 rings (SSSR count). The molecule has 0 unspecified atom stereocenters. The summed E-state index contributed by atoms with van der Waals surface area (Å²) >= 11 is 3.38. The van der Waals surface area contributed by atoms with Gasteiger partial charge in [-0.1, -0.05) is 34.5 Å². The molecule has 0 amide bonds. The molecule has 3 N–H and O–H groups in total. The van der Waals surface area contributed by atoms with Crippen LogP contribution < -0.4 is 5.73 Å². The zero-order chi connectivity index (χ0) is 10.8. The Bertz CT molecular complexity index is 321. The predicted molar refractivity (Wildman–Crippen MR) is 64.4 cm³/mol. The molecule has 0 heterocycles. The summed E-state index contributed by atoms with van der Waals surface area (Å²) < 4.78 is 1.04. The predicted octanol–water partition coefficient (Wildman–Crippen LogP) is 2.61. The Morgan fingerprint density at radius 2 is 1.87 bits per heavy atom. The Kier molecular flexibility index (Phi) is 3.44. The lowest BCUT2D eigenvalue weighted by Crippen LogP contribution is -2.36. The largest absolute Gasteiger partial charge is 0.391 e. The van der Waals surface area contributed by atoms with Crippen LogP contribution in [0.3, 0.4) is 0 Å². The van der Waals surface area contributed by atoms with Gasteiger partial charge in [0, 0.05) is 4.47 Å². The smallest absolute Gasteiger partial charge is 0.0760 e. The number of benzene rings is 1. The molecule has 1 aliphatic rings. The highest BCUT2D eigenvalue weighted by Crippen LogP contribution is 2.34. The van der Waals surface area contributed by atoms with E-state index in [2.05, 4.69) is 15.9 Å². The number of nitrogens with two attached hydrogens (primary N) is 1. The lowest BCUT2D eigenvalue weighted by molar-refractivity contribution is 0.0414. The summed E-state index contributed by atoms with van der Waals surface area (Å²) in [6.45, 7) is 0. The van der Waals surface area contributed by atoms with Crippen LogP contribution >= 0.6 is 15.9 Å². The summed E-state index contributed by atoms with van der Waals surface area (Å²) in [7, 11) is 0. The summed E-state index contributed by atoms with van der Waals surface area (Å²) in [6, 6.07) is 7.61. The molecule has 0 aliphatic heterocycles. The van der Waals surface area contributed by atoms with Crippen LogP contribution in [0.4, 0.5) is 0 Å². The molecule has 2 nitrogen and oxygen atoms in total. The van der Waals surface area contributed by atoms with Crippen molar-refractivity contribution >= 4 is 15.9 Å². The molecule has 2 atom stereocenters. The topological polar surface area (TPSA) is 46.2 Å². The third kappa shape index (κ3) is 2.41. The minimum absolute atomic E-state index is 0.247.